The number of amides is 1. The van der Waals surface area contributed by atoms with Gasteiger partial charge in [-0.3, -0.25) is 4.79 Å². The van der Waals surface area contributed by atoms with Crippen molar-refractivity contribution in [2.24, 2.45) is 0 Å². The predicted octanol–water partition coefficient (Wildman–Crippen LogP) is 1.47. The largest absolute Gasteiger partial charge is 0.493 e. The maximum Gasteiger partial charge on any atom is 0.242 e. The quantitative estimate of drug-likeness (QED) is 0.743. The van der Waals surface area contributed by atoms with Crippen LogP contribution in [0.4, 0.5) is 0 Å². The molecule has 9 heteroatoms. The van der Waals surface area contributed by atoms with Crippen LogP contribution in [0.5, 0.6) is 11.5 Å². The Morgan fingerprint density at radius 1 is 1.19 bits per heavy atom. The summed E-state index contributed by atoms with van der Waals surface area (Å²) in [6.45, 7) is 2.83. The first-order valence-electron chi connectivity index (χ1n) is 8.18. The molecule has 0 saturated carbocycles. The molecular weight excluding hydrogens is 380 g/mol. The zero-order valence-electron chi connectivity index (χ0n) is 15.5. The van der Waals surface area contributed by atoms with Gasteiger partial charge in [-0.1, -0.05) is 6.07 Å². The molecule has 1 atom stereocenters. The molecule has 1 aromatic carbocycles. The van der Waals surface area contributed by atoms with Gasteiger partial charge < -0.3 is 20.1 Å². The van der Waals surface area contributed by atoms with Gasteiger partial charge in [0, 0.05) is 6.26 Å². The van der Waals surface area contributed by atoms with Crippen molar-refractivity contribution in [3.8, 4) is 11.5 Å². The molecule has 0 aromatic heterocycles. The van der Waals surface area contributed by atoms with Gasteiger partial charge in [0.05, 0.1) is 20.3 Å². The minimum atomic E-state index is -3.53. The number of halogens is 1. The highest BCUT2D eigenvalue weighted by Crippen LogP contribution is 2.32. The third-order valence-corrected chi connectivity index (χ3v) is 6.80. The molecule has 1 saturated heterocycles. The van der Waals surface area contributed by atoms with E-state index in [-0.39, 0.29) is 31.3 Å². The van der Waals surface area contributed by atoms with E-state index in [1.807, 2.05) is 13.0 Å². The van der Waals surface area contributed by atoms with Gasteiger partial charge in [-0.25, -0.2) is 8.42 Å². The number of carbonyl (C=O) groups excluding carboxylic acids is 1. The SMILES string of the molecule is COc1ccc(C(C)NC(=O)C2(S(C)(=O)=O)CCNCC2)cc1OC.Cl. The molecule has 1 heterocycles. The highest BCUT2D eigenvalue weighted by Gasteiger charge is 2.48. The van der Waals surface area contributed by atoms with Crippen LogP contribution in [0.25, 0.3) is 0 Å². The number of nitrogens with one attached hydrogen (secondary N) is 2. The Morgan fingerprint density at radius 3 is 2.27 bits per heavy atom. The molecule has 1 amide bonds. The van der Waals surface area contributed by atoms with E-state index in [9.17, 15) is 13.2 Å². The van der Waals surface area contributed by atoms with E-state index < -0.39 is 20.5 Å². The summed E-state index contributed by atoms with van der Waals surface area (Å²) < 4.78 is 33.8. The Kier molecular flexibility index (Phi) is 7.73. The molecular formula is C17H27ClN2O5S. The summed E-state index contributed by atoms with van der Waals surface area (Å²) in [4.78, 5) is 12.9. The van der Waals surface area contributed by atoms with Crippen molar-refractivity contribution < 1.29 is 22.7 Å². The lowest BCUT2D eigenvalue weighted by atomic mass is 9.95. The van der Waals surface area contributed by atoms with Gasteiger partial charge in [0.15, 0.2) is 26.1 Å². The number of methoxy groups -OCH3 is 2. The van der Waals surface area contributed by atoms with E-state index in [4.69, 9.17) is 9.47 Å². The van der Waals surface area contributed by atoms with Crippen LogP contribution < -0.4 is 20.1 Å². The van der Waals surface area contributed by atoms with Crippen LogP contribution in [0.2, 0.25) is 0 Å². The Labute approximate surface area is 161 Å². The predicted molar refractivity (Wildman–Crippen MR) is 103 cm³/mol. The van der Waals surface area contributed by atoms with Crippen LogP contribution in [0.1, 0.15) is 31.4 Å². The molecule has 26 heavy (non-hydrogen) atoms. The van der Waals surface area contributed by atoms with Gasteiger partial charge >= 0.3 is 0 Å². The van der Waals surface area contributed by atoms with Crippen molar-refractivity contribution in [3.05, 3.63) is 23.8 Å². The van der Waals surface area contributed by atoms with Crippen molar-refractivity contribution in [1.82, 2.24) is 10.6 Å². The van der Waals surface area contributed by atoms with Gasteiger partial charge in [-0.05, 0) is 50.6 Å². The molecule has 0 spiro atoms. The minimum Gasteiger partial charge on any atom is -0.493 e. The van der Waals surface area contributed by atoms with Crippen LogP contribution in [0.3, 0.4) is 0 Å². The van der Waals surface area contributed by atoms with Crippen molar-refractivity contribution in [2.75, 3.05) is 33.6 Å². The van der Waals surface area contributed by atoms with E-state index in [0.29, 0.717) is 24.6 Å². The zero-order chi connectivity index (χ0) is 18.7. The second kappa shape index (κ2) is 8.92. The summed E-state index contributed by atoms with van der Waals surface area (Å²) in [6, 6.07) is 5.00. The summed E-state index contributed by atoms with van der Waals surface area (Å²) in [5, 5.41) is 5.96. The molecule has 0 aliphatic carbocycles. The number of piperidine rings is 1. The summed E-state index contributed by atoms with van der Waals surface area (Å²) in [6.07, 6.45) is 1.69. The maximum absolute atomic E-state index is 12.9. The number of ether oxygens (including phenoxy) is 2. The number of hydrogen-bond donors (Lipinski definition) is 2. The Bertz CT molecular complexity index is 733. The smallest absolute Gasteiger partial charge is 0.242 e. The summed E-state index contributed by atoms with van der Waals surface area (Å²) in [5.74, 6) is 0.704. The van der Waals surface area contributed by atoms with Crippen LogP contribution >= 0.6 is 12.4 Å². The second-order valence-electron chi connectivity index (χ2n) is 6.33. The first-order chi connectivity index (χ1) is 11.7. The van der Waals surface area contributed by atoms with E-state index >= 15 is 0 Å². The van der Waals surface area contributed by atoms with Crippen molar-refractivity contribution in [3.63, 3.8) is 0 Å². The Balaban J connectivity index is 0.00000338. The monoisotopic (exact) mass is 406 g/mol. The minimum absolute atomic E-state index is 0. The van der Waals surface area contributed by atoms with Crippen LogP contribution in [-0.4, -0.2) is 52.6 Å². The van der Waals surface area contributed by atoms with Gasteiger partial charge in [0.1, 0.15) is 0 Å². The summed E-state index contributed by atoms with van der Waals surface area (Å²) >= 11 is 0. The topological polar surface area (TPSA) is 93.7 Å². The number of benzene rings is 1. The van der Waals surface area contributed by atoms with E-state index in [2.05, 4.69) is 10.6 Å². The highest BCUT2D eigenvalue weighted by atomic mass is 35.5. The number of sulfone groups is 1. The molecule has 1 fully saturated rings. The summed E-state index contributed by atoms with van der Waals surface area (Å²) in [7, 11) is -0.443. The molecule has 2 rings (SSSR count). The van der Waals surface area contributed by atoms with Crippen LogP contribution in [0.15, 0.2) is 18.2 Å². The molecule has 1 aromatic rings. The number of carbonyl (C=O) groups is 1. The third-order valence-electron chi connectivity index (χ3n) is 4.79. The molecule has 1 unspecified atom stereocenters. The molecule has 0 radical (unpaired) electrons. The number of rotatable bonds is 6. The van der Waals surface area contributed by atoms with E-state index in [1.54, 1.807) is 26.4 Å². The van der Waals surface area contributed by atoms with E-state index in [0.717, 1.165) is 11.8 Å². The van der Waals surface area contributed by atoms with Gasteiger partial charge in [-0.15, -0.1) is 12.4 Å². The average molecular weight is 407 g/mol. The zero-order valence-corrected chi connectivity index (χ0v) is 17.1. The number of hydrogen-bond acceptors (Lipinski definition) is 6. The third kappa shape index (κ3) is 4.42. The fraction of sp³-hybridized carbons (Fsp3) is 0.588. The molecule has 0 bridgehead atoms. The van der Waals surface area contributed by atoms with Crippen LogP contribution in [-0.2, 0) is 14.6 Å². The van der Waals surface area contributed by atoms with Crippen molar-refractivity contribution in [1.29, 1.82) is 0 Å². The Morgan fingerprint density at radius 2 is 1.77 bits per heavy atom. The van der Waals surface area contributed by atoms with Crippen molar-refractivity contribution in [2.45, 2.75) is 30.6 Å². The fourth-order valence-electron chi connectivity index (χ4n) is 3.13. The van der Waals surface area contributed by atoms with E-state index in [1.165, 1.54) is 0 Å². The average Bonchev–Trinajstić information content (AvgIpc) is 2.60. The lowest BCUT2D eigenvalue weighted by Crippen LogP contribution is -2.57. The molecule has 1 aliphatic heterocycles. The highest BCUT2D eigenvalue weighted by molar-refractivity contribution is 7.92. The fourth-order valence-corrected chi connectivity index (χ4v) is 4.47. The molecule has 148 valence electrons. The standard InChI is InChI=1S/C17H26N2O5S.ClH/c1-12(13-5-6-14(23-2)15(11-13)24-3)19-16(20)17(25(4,21)22)7-9-18-10-8-17;/h5-6,11-12,18H,7-10H2,1-4H3,(H,19,20);1H. The Hall–Kier alpha value is -1.51. The first-order valence-corrected chi connectivity index (χ1v) is 10.1. The lowest BCUT2D eigenvalue weighted by Gasteiger charge is -2.35. The van der Waals surface area contributed by atoms with Gasteiger partial charge in [0.2, 0.25) is 5.91 Å². The van der Waals surface area contributed by atoms with Gasteiger partial charge in [-0.2, -0.15) is 0 Å². The lowest BCUT2D eigenvalue weighted by molar-refractivity contribution is -0.125. The molecule has 1 aliphatic rings. The second-order valence-corrected chi connectivity index (χ2v) is 8.65. The molecule has 2 N–H and O–H groups in total. The van der Waals surface area contributed by atoms with Gasteiger partial charge in [0.25, 0.3) is 0 Å². The van der Waals surface area contributed by atoms with Crippen LogP contribution in [0, 0.1) is 0 Å². The summed E-state index contributed by atoms with van der Waals surface area (Å²) in [5.41, 5.74) is 0.809. The maximum atomic E-state index is 12.9. The molecule has 7 nitrogen and oxygen atoms in total. The first kappa shape index (κ1) is 22.5. The normalized spacial score (nSPS) is 17.5. The van der Waals surface area contributed by atoms with Crippen molar-refractivity contribution >= 4 is 28.2 Å².